The highest BCUT2D eigenvalue weighted by Crippen LogP contribution is 2.28. The Morgan fingerprint density at radius 2 is 1.51 bits per heavy atom. The number of carbonyl (C=O) groups is 2. The number of halogens is 1. The van der Waals surface area contributed by atoms with Crippen molar-refractivity contribution < 1.29 is 22.4 Å². The molecule has 3 aromatic carbocycles. The molecule has 0 aromatic heterocycles. The topological polar surface area (TPSA) is 86.8 Å². The summed E-state index contributed by atoms with van der Waals surface area (Å²) in [5, 5.41) is 2.89. The number of benzene rings is 3. The predicted octanol–water partition coefficient (Wildman–Crippen LogP) is 4.92. The van der Waals surface area contributed by atoms with Crippen molar-refractivity contribution in [2.75, 3.05) is 10.8 Å². The summed E-state index contributed by atoms with van der Waals surface area (Å²) in [6, 6.07) is 19.6. The standard InChI is InChI=1S/C30H36FN3O4S/c1-5-22(3)32-30(36)23(4)33(20-24-16-18-26(31)19-17-24)29(35)21-34(28-15-11-10-12-25(28)6-2)39(37,38)27-13-8-7-9-14-27/h7-19,22-23H,5-6,20-21H2,1-4H3,(H,32,36)/t22-,23-/m0/s1. The van der Waals surface area contributed by atoms with E-state index in [0.29, 0.717) is 24.1 Å². The first kappa shape index (κ1) is 29.8. The molecule has 2 amide bonds. The van der Waals surface area contributed by atoms with Crippen molar-refractivity contribution in [3.63, 3.8) is 0 Å². The Bertz CT molecular complexity index is 1360. The Balaban J connectivity index is 2.04. The monoisotopic (exact) mass is 553 g/mol. The number of nitrogens with zero attached hydrogens (tertiary/aromatic N) is 2. The van der Waals surface area contributed by atoms with Crippen LogP contribution in [0.4, 0.5) is 10.1 Å². The van der Waals surface area contributed by atoms with E-state index >= 15 is 0 Å². The maximum Gasteiger partial charge on any atom is 0.264 e. The quantitative estimate of drug-likeness (QED) is 0.345. The fraction of sp³-hybridized carbons (Fsp3) is 0.333. The second-order valence-electron chi connectivity index (χ2n) is 9.45. The van der Waals surface area contributed by atoms with Gasteiger partial charge in [-0.25, -0.2) is 12.8 Å². The zero-order chi connectivity index (χ0) is 28.6. The van der Waals surface area contributed by atoms with Gasteiger partial charge in [0.05, 0.1) is 10.6 Å². The van der Waals surface area contributed by atoms with E-state index in [9.17, 15) is 22.4 Å². The van der Waals surface area contributed by atoms with Crippen LogP contribution in [0.5, 0.6) is 0 Å². The highest BCUT2D eigenvalue weighted by Gasteiger charge is 2.33. The molecule has 9 heteroatoms. The van der Waals surface area contributed by atoms with Gasteiger partial charge in [-0.2, -0.15) is 0 Å². The number of rotatable bonds is 12. The summed E-state index contributed by atoms with van der Waals surface area (Å²) in [6.45, 7) is 6.81. The highest BCUT2D eigenvalue weighted by atomic mass is 32.2. The minimum Gasteiger partial charge on any atom is -0.352 e. The number of hydrogen-bond acceptors (Lipinski definition) is 4. The molecule has 0 spiro atoms. The Morgan fingerprint density at radius 3 is 2.13 bits per heavy atom. The molecule has 0 fully saturated rings. The molecule has 0 saturated heterocycles. The fourth-order valence-corrected chi connectivity index (χ4v) is 5.59. The number of para-hydroxylation sites is 1. The third kappa shape index (κ3) is 7.44. The Labute approximate surface area is 230 Å². The lowest BCUT2D eigenvalue weighted by atomic mass is 10.1. The first-order valence-electron chi connectivity index (χ1n) is 13.1. The summed E-state index contributed by atoms with van der Waals surface area (Å²) in [6.07, 6.45) is 1.26. The molecule has 0 aliphatic rings. The van der Waals surface area contributed by atoms with Gasteiger partial charge in [-0.1, -0.05) is 62.4 Å². The van der Waals surface area contributed by atoms with Crippen molar-refractivity contribution in [2.24, 2.45) is 0 Å². The number of aryl methyl sites for hydroxylation is 1. The van der Waals surface area contributed by atoms with Gasteiger partial charge in [0, 0.05) is 12.6 Å². The van der Waals surface area contributed by atoms with Crippen molar-refractivity contribution in [1.29, 1.82) is 0 Å². The van der Waals surface area contributed by atoms with Crippen LogP contribution in [0.15, 0.2) is 83.8 Å². The Morgan fingerprint density at radius 1 is 0.897 bits per heavy atom. The summed E-state index contributed by atoms with van der Waals surface area (Å²) in [4.78, 5) is 28.4. The zero-order valence-electron chi connectivity index (χ0n) is 22.8. The zero-order valence-corrected chi connectivity index (χ0v) is 23.6. The molecule has 7 nitrogen and oxygen atoms in total. The molecule has 2 atom stereocenters. The Hall–Kier alpha value is -3.72. The van der Waals surface area contributed by atoms with E-state index in [1.807, 2.05) is 32.9 Å². The molecule has 39 heavy (non-hydrogen) atoms. The smallest absolute Gasteiger partial charge is 0.264 e. The van der Waals surface area contributed by atoms with Crippen molar-refractivity contribution in [1.82, 2.24) is 10.2 Å². The highest BCUT2D eigenvalue weighted by molar-refractivity contribution is 7.92. The van der Waals surface area contributed by atoms with E-state index in [2.05, 4.69) is 5.32 Å². The molecule has 0 unspecified atom stereocenters. The van der Waals surface area contributed by atoms with Gasteiger partial charge in [-0.3, -0.25) is 13.9 Å². The van der Waals surface area contributed by atoms with Crippen molar-refractivity contribution in [3.05, 3.63) is 95.8 Å². The van der Waals surface area contributed by atoms with Gasteiger partial charge >= 0.3 is 0 Å². The minimum atomic E-state index is -4.13. The van der Waals surface area contributed by atoms with Crippen LogP contribution >= 0.6 is 0 Å². The summed E-state index contributed by atoms with van der Waals surface area (Å²) >= 11 is 0. The van der Waals surface area contributed by atoms with Crippen LogP contribution in [-0.4, -0.2) is 43.8 Å². The molecule has 0 radical (unpaired) electrons. The van der Waals surface area contributed by atoms with E-state index in [4.69, 9.17) is 0 Å². The molecule has 3 rings (SSSR count). The molecule has 0 bridgehead atoms. The number of carbonyl (C=O) groups excluding carboxylic acids is 2. The molecule has 0 heterocycles. The van der Waals surface area contributed by atoms with Crippen LogP contribution in [0.25, 0.3) is 0 Å². The molecule has 1 N–H and O–H groups in total. The maximum atomic E-state index is 13.9. The van der Waals surface area contributed by atoms with Crippen LogP contribution in [-0.2, 0) is 32.6 Å². The normalized spacial score (nSPS) is 12.8. The largest absolute Gasteiger partial charge is 0.352 e. The number of anilines is 1. The van der Waals surface area contributed by atoms with Crippen LogP contribution < -0.4 is 9.62 Å². The van der Waals surface area contributed by atoms with Gasteiger partial charge in [0.1, 0.15) is 18.4 Å². The Kier molecular flexibility index (Phi) is 10.2. The van der Waals surface area contributed by atoms with E-state index in [1.165, 1.54) is 29.2 Å². The van der Waals surface area contributed by atoms with Gasteiger partial charge < -0.3 is 10.2 Å². The van der Waals surface area contributed by atoms with E-state index < -0.39 is 34.3 Å². The predicted molar refractivity (Wildman–Crippen MR) is 151 cm³/mol. The molecule has 3 aromatic rings. The lowest BCUT2D eigenvalue weighted by Crippen LogP contribution is -2.52. The molecule has 208 valence electrons. The maximum absolute atomic E-state index is 13.9. The number of hydrogen-bond donors (Lipinski definition) is 1. The van der Waals surface area contributed by atoms with Gasteiger partial charge in [0.2, 0.25) is 11.8 Å². The van der Waals surface area contributed by atoms with Gasteiger partial charge in [0.15, 0.2) is 0 Å². The van der Waals surface area contributed by atoms with Gasteiger partial charge in [0.25, 0.3) is 10.0 Å². The summed E-state index contributed by atoms with van der Waals surface area (Å²) in [7, 11) is -4.13. The molecular formula is C30H36FN3O4S. The van der Waals surface area contributed by atoms with Gasteiger partial charge in [-0.15, -0.1) is 0 Å². The second kappa shape index (κ2) is 13.4. The summed E-state index contributed by atoms with van der Waals surface area (Å²) < 4.78 is 42.4. The molecule has 0 aliphatic carbocycles. The van der Waals surface area contributed by atoms with Crippen molar-refractivity contribution in [2.45, 2.75) is 64.1 Å². The summed E-state index contributed by atoms with van der Waals surface area (Å²) in [5.41, 5.74) is 1.77. The third-order valence-corrected chi connectivity index (χ3v) is 8.46. The number of amides is 2. The van der Waals surface area contributed by atoms with Crippen LogP contribution in [0.2, 0.25) is 0 Å². The fourth-order valence-electron chi connectivity index (χ4n) is 4.12. The molecule has 0 saturated carbocycles. The molecular weight excluding hydrogens is 517 g/mol. The van der Waals surface area contributed by atoms with E-state index in [1.54, 1.807) is 49.4 Å². The van der Waals surface area contributed by atoms with Crippen molar-refractivity contribution in [3.8, 4) is 0 Å². The van der Waals surface area contributed by atoms with Crippen LogP contribution in [0, 0.1) is 5.82 Å². The average molecular weight is 554 g/mol. The first-order valence-corrected chi connectivity index (χ1v) is 14.5. The van der Waals surface area contributed by atoms with Crippen LogP contribution in [0.3, 0.4) is 0 Å². The SMILES string of the molecule is CCc1ccccc1N(CC(=O)N(Cc1ccc(F)cc1)[C@@H](C)C(=O)N[C@@H](C)CC)S(=O)(=O)c1ccccc1. The lowest BCUT2D eigenvalue weighted by molar-refractivity contribution is -0.139. The lowest BCUT2D eigenvalue weighted by Gasteiger charge is -2.33. The van der Waals surface area contributed by atoms with E-state index in [0.717, 1.165) is 9.87 Å². The first-order chi connectivity index (χ1) is 18.6. The van der Waals surface area contributed by atoms with E-state index in [-0.39, 0.29) is 23.4 Å². The third-order valence-electron chi connectivity index (χ3n) is 6.69. The number of nitrogens with one attached hydrogen (secondary N) is 1. The van der Waals surface area contributed by atoms with Crippen molar-refractivity contribution >= 4 is 27.5 Å². The average Bonchev–Trinajstić information content (AvgIpc) is 2.95. The summed E-state index contributed by atoms with van der Waals surface area (Å²) in [5.74, 6) is -1.33. The van der Waals surface area contributed by atoms with Crippen LogP contribution in [0.1, 0.15) is 45.2 Å². The van der Waals surface area contributed by atoms with Gasteiger partial charge in [-0.05, 0) is 68.1 Å². The second-order valence-corrected chi connectivity index (χ2v) is 11.3. The number of sulfonamides is 1. The molecule has 0 aliphatic heterocycles. The minimum absolute atomic E-state index is 0.00283.